The minimum absolute atomic E-state index is 0.0555. The van der Waals surface area contributed by atoms with Crippen LogP contribution in [0.25, 0.3) is 0 Å². The molecule has 0 radical (unpaired) electrons. The molecule has 1 unspecified atom stereocenters. The molecule has 0 aliphatic carbocycles. The topological polar surface area (TPSA) is 84.5 Å². The molecule has 1 heterocycles. The first kappa shape index (κ1) is 18.0. The molecule has 23 heavy (non-hydrogen) atoms. The fourth-order valence-electron chi connectivity index (χ4n) is 2.49. The zero-order valence-corrected chi connectivity index (χ0v) is 14.8. The molecule has 1 atom stereocenters. The fraction of sp³-hybridized carbons (Fsp3) is 0.533. The Morgan fingerprint density at radius 2 is 2.17 bits per heavy atom. The van der Waals surface area contributed by atoms with Crippen molar-refractivity contribution < 1.29 is 17.9 Å². The standard InChI is InChI=1S/C15H21ClN2O4S/c1-10-7-13(14(22-2)8-12(10)16)18-15(19)3-5-17-11-4-6-23(20,21)9-11/h7-8,11,17H,3-6,9H2,1-2H3,(H,18,19). The molecule has 1 saturated heterocycles. The van der Waals surface area contributed by atoms with Crippen LogP contribution in [0.2, 0.25) is 5.02 Å². The maximum absolute atomic E-state index is 12.0. The number of amides is 1. The SMILES string of the molecule is COc1cc(Cl)c(C)cc1NC(=O)CCNC1CCS(=O)(=O)C1. The molecule has 128 valence electrons. The highest BCUT2D eigenvalue weighted by Gasteiger charge is 2.27. The first-order valence-corrected chi connectivity index (χ1v) is 9.58. The van der Waals surface area contributed by atoms with Crippen molar-refractivity contribution in [1.29, 1.82) is 0 Å². The lowest BCUT2D eigenvalue weighted by molar-refractivity contribution is -0.116. The van der Waals surface area contributed by atoms with E-state index in [2.05, 4.69) is 10.6 Å². The third-order valence-electron chi connectivity index (χ3n) is 3.77. The molecule has 0 spiro atoms. The molecule has 1 aliphatic rings. The molecule has 1 fully saturated rings. The predicted molar refractivity (Wildman–Crippen MR) is 91.0 cm³/mol. The quantitative estimate of drug-likeness (QED) is 0.807. The van der Waals surface area contributed by atoms with Crippen LogP contribution in [0.1, 0.15) is 18.4 Å². The monoisotopic (exact) mass is 360 g/mol. The molecular weight excluding hydrogens is 340 g/mol. The van der Waals surface area contributed by atoms with Crippen LogP contribution in [0, 0.1) is 6.92 Å². The van der Waals surface area contributed by atoms with E-state index in [4.69, 9.17) is 16.3 Å². The molecule has 1 amide bonds. The second-order valence-electron chi connectivity index (χ2n) is 5.65. The molecule has 8 heteroatoms. The van der Waals surface area contributed by atoms with Crippen LogP contribution < -0.4 is 15.4 Å². The van der Waals surface area contributed by atoms with Crippen molar-refractivity contribution in [3.8, 4) is 5.75 Å². The van der Waals surface area contributed by atoms with Crippen molar-refractivity contribution in [2.75, 3.05) is 30.5 Å². The lowest BCUT2D eigenvalue weighted by Gasteiger charge is -2.13. The lowest BCUT2D eigenvalue weighted by Crippen LogP contribution is -2.32. The Labute approximate surface area is 141 Å². The average molecular weight is 361 g/mol. The number of carbonyl (C=O) groups excluding carboxylic acids is 1. The summed E-state index contributed by atoms with van der Waals surface area (Å²) in [7, 11) is -1.39. The van der Waals surface area contributed by atoms with Gasteiger partial charge in [-0.05, 0) is 25.0 Å². The molecule has 0 saturated carbocycles. The van der Waals surface area contributed by atoms with E-state index in [1.54, 1.807) is 12.1 Å². The molecule has 1 aromatic rings. The van der Waals surface area contributed by atoms with Gasteiger partial charge in [0.05, 0.1) is 24.3 Å². The highest BCUT2D eigenvalue weighted by Crippen LogP contribution is 2.30. The third kappa shape index (κ3) is 5.09. The molecule has 1 aromatic carbocycles. The highest BCUT2D eigenvalue weighted by atomic mass is 35.5. The normalized spacial score (nSPS) is 19.5. The molecule has 6 nitrogen and oxygen atoms in total. The van der Waals surface area contributed by atoms with Crippen molar-refractivity contribution >= 4 is 33.0 Å². The number of benzene rings is 1. The van der Waals surface area contributed by atoms with E-state index in [-0.39, 0.29) is 29.9 Å². The first-order valence-electron chi connectivity index (χ1n) is 7.38. The van der Waals surface area contributed by atoms with Gasteiger partial charge in [0.1, 0.15) is 5.75 Å². The predicted octanol–water partition coefficient (Wildman–Crippen LogP) is 1.76. The molecule has 0 aromatic heterocycles. The van der Waals surface area contributed by atoms with Crippen molar-refractivity contribution in [3.05, 3.63) is 22.7 Å². The maximum Gasteiger partial charge on any atom is 0.225 e. The van der Waals surface area contributed by atoms with Gasteiger partial charge in [-0.25, -0.2) is 8.42 Å². The van der Waals surface area contributed by atoms with E-state index in [1.807, 2.05) is 6.92 Å². The summed E-state index contributed by atoms with van der Waals surface area (Å²) in [5.41, 5.74) is 1.42. The number of rotatable bonds is 6. The number of methoxy groups -OCH3 is 1. The van der Waals surface area contributed by atoms with Crippen LogP contribution in [0.15, 0.2) is 12.1 Å². The number of nitrogens with one attached hydrogen (secondary N) is 2. The van der Waals surface area contributed by atoms with E-state index in [1.165, 1.54) is 7.11 Å². The summed E-state index contributed by atoms with van der Waals surface area (Å²) in [5.74, 6) is 0.707. The van der Waals surface area contributed by atoms with Gasteiger partial charge in [0, 0.05) is 30.1 Å². The number of ether oxygens (including phenoxy) is 1. The van der Waals surface area contributed by atoms with E-state index < -0.39 is 9.84 Å². The number of anilines is 1. The van der Waals surface area contributed by atoms with E-state index >= 15 is 0 Å². The van der Waals surface area contributed by atoms with E-state index in [0.29, 0.717) is 29.4 Å². The largest absolute Gasteiger partial charge is 0.495 e. The van der Waals surface area contributed by atoms with Crippen molar-refractivity contribution in [1.82, 2.24) is 5.32 Å². The summed E-state index contributed by atoms with van der Waals surface area (Å²) in [5, 5.41) is 6.47. The van der Waals surface area contributed by atoms with E-state index in [0.717, 1.165) is 5.56 Å². The minimum atomic E-state index is -2.90. The van der Waals surface area contributed by atoms with Crippen LogP contribution in [0.3, 0.4) is 0 Å². The Bertz CT molecular complexity index is 691. The number of hydrogen-bond acceptors (Lipinski definition) is 5. The number of carbonyl (C=O) groups is 1. The van der Waals surface area contributed by atoms with Gasteiger partial charge in [-0.2, -0.15) is 0 Å². The summed E-state index contributed by atoms with van der Waals surface area (Å²) < 4.78 is 27.9. The van der Waals surface area contributed by atoms with Crippen LogP contribution in [0.4, 0.5) is 5.69 Å². The van der Waals surface area contributed by atoms with Gasteiger partial charge in [-0.15, -0.1) is 0 Å². The fourth-order valence-corrected chi connectivity index (χ4v) is 4.35. The smallest absolute Gasteiger partial charge is 0.225 e. The molecule has 0 bridgehead atoms. The Morgan fingerprint density at radius 1 is 1.43 bits per heavy atom. The lowest BCUT2D eigenvalue weighted by atomic mass is 10.2. The Morgan fingerprint density at radius 3 is 2.78 bits per heavy atom. The van der Waals surface area contributed by atoms with Crippen LogP contribution in [-0.4, -0.2) is 45.5 Å². The molecule has 2 rings (SSSR count). The zero-order valence-electron chi connectivity index (χ0n) is 13.2. The van der Waals surface area contributed by atoms with Gasteiger partial charge < -0.3 is 15.4 Å². The number of halogens is 1. The molecule has 2 N–H and O–H groups in total. The van der Waals surface area contributed by atoms with E-state index in [9.17, 15) is 13.2 Å². The summed E-state index contributed by atoms with van der Waals surface area (Å²) in [6.45, 7) is 2.28. The Kier molecular flexibility index (Phi) is 5.89. The van der Waals surface area contributed by atoms with Crippen molar-refractivity contribution in [2.24, 2.45) is 0 Å². The van der Waals surface area contributed by atoms with Gasteiger partial charge in [0.2, 0.25) is 5.91 Å². The van der Waals surface area contributed by atoms with Gasteiger partial charge in [-0.1, -0.05) is 11.6 Å². The van der Waals surface area contributed by atoms with Crippen molar-refractivity contribution in [2.45, 2.75) is 25.8 Å². The summed E-state index contributed by atoms with van der Waals surface area (Å²) in [4.78, 5) is 12.0. The second-order valence-corrected chi connectivity index (χ2v) is 8.29. The zero-order chi connectivity index (χ0) is 17.0. The number of sulfone groups is 1. The number of hydrogen-bond donors (Lipinski definition) is 2. The Balaban J connectivity index is 1.84. The van der Waals surface area contributed by atoms with Crippen LogP contribution in [-0.2, 0) is 14.6 Å². The van der Waals surface area contributed by atoms with Crippen LogP contribution >= 0.6 is 11.6 Å². The Hall–Kier alpha value is -1.31. The average Bonchev–Trinajstić information content (AvgIpc) is 2.82. The third-order valence-corrected chi connectivity index (χ3v) is 5.95. The first-order chi connectivity index (χ1) is 10.8. The second kappa shape index (κ2) is 7.51. The van der Waals surface area contributed by atoms with Crippen LogP contribution in [0.5, 0.6) is 5.75 Å². The van der Waals surface area contributed by atoms with Gasteiger partial charge in [0.25, 0.3) is 0 Å². The summed E-state index contributed by atoms with van der Waals surface area (Å²) in [6, 6.07) is 3.37. The van der Waals surface area contributed by atoms with Gasteiger partial charge in [-0.3, -0.25) is 4.79 Å². The van der Waals surface area contributed by atoms with Crippen molar-refractivity contribution in [3.63, 3.8) is 0 Å². The highest BCUT2D eigenvalue weighted by molar-refractivity contribution is 7.91. The molecule has 1 aliphatic heterocycles. The minimum Gasteiger partial charge on any atom is -0.495 e. The summed E-state index contributed by atoms with van der Waals surface area (Å²) >= 11 is 6.03. The molecular formula is C15H21ClN2O4S. The maximum atomic E-state index is 12.0. The summed E-state index contributed by atoms with van der Waals surface area (Å²) in [6.07, 6.45) is 0.857. The number of aryl methyl sites for hydroxylation is 1. The van der Waals surface area contributed by atoms with Gasteiger partial charge in [0.15, 0.2) is 9.84 Å². The van der Waals surface area contributed by atoms with Gasteiger partial charge >= 0.3 is 0 Å².